The molecule has 1 aromatic heterocycles. The van der Waals surface area contributed by atoms with Crippen LogP contribution in [0.25, 0.3) is 10.6 Å². The maximum absolute atomic E-state index is 11.5. The van der Waals surface area contributed by atoms with Crippen LogP contribution in [0.3, 0.4) is 0 Å². The highest BCUT2D eigenvalue weighted by atomic mass is 32.1. The summed E-state index contributed by atoms with van der Waals surface area (Å²) in [4.78, 5) is 16.6. The zero-order chi connectivity index (χ0) is 13.3. The van der Waals surface area contributed by atoms with Gasteiger partial charge in [-0.1, -0.05) is 12.1 Å². The lowest BCUT2D eigenvalue weighted by molar-refractivity contribution is 0.0605. The van der Waals surface area contributed by atoms with Crippen molar-refractivity contribution in [2.45, 2.75) is 20.8 Å². The smallest absolute Gasteiger partial charge is 0.349 e. The van der Waals surface area contributed by atoms with Gasteiger partial charge in [0, 0.05) is 5.56 Å². The quantitative estimate of drug-likeness (QED) is 0.776. The van der Waals surface area contributed by atoms with Gasteiger partial charge in [0.15, 0.2) is 0 Å². The van der Waals surface area contributed by atoms with Gasteiger partial charge in [-0.3, -0.25) is 0 Å². The van der Waals surface area contributed by atoms with E-state index in [2.05, 4.69) is 31.0 Å². The number of carbonyl (C=O) groups excluding carboxylic acids is 1. The summed E-state index contributed by atoms with van der Waals surface area (Å²) in [5.74, 6) is -0.319. The van der Waals surface area contributed by atoms with Gasteiger partial charge in [-0.15, -0.1) is 11.3 Å². The number of benzene rings is 1. The van der Waals surface area contributed by atoms with Crippen LogP contribution >= 0.6 is 11.3 Å². The first kappa shape index (κ1) is 12.8. The van der Waals surface area contributed by atoms with Crippen LogP contribution in [0.2, 0.25) is 0 Å². The van der Waals surface area contributed by atoms with Crippen LogP contribution in [-0.4, -0.2) is 18.1 Å². The first-order chi connectivity index (χ1) is 8.52. The molecule has 1 heterocycles. The molecule has 0 radical (unpaired) electrons. The molecule has 0 fully saturated rings. The lowest BCUT2D eigenvalue weighted by atomic mass is 10.1. The minimum Gasteiger partial charge on any atom is -0.465 e. The van der Waals surface area contributed by atoms with Crippen molar-refractivity contribution in [1.82, 2.24) is 4.98 Å². The monoisotopic (exact) mass is 261 g/mol. The van der Waals surface area contributed by atoms with Crippen molar-refractivity contribution in [3.63, 3.8) is 0 Å². The normalized spacial score (nSPS) is 10.4. The molecule has 0 saturated heterocycles. The molecule has 0 N–H and O–H groups in total. The minimum atomic E-state index is -0.319. The Hall–Kier alpha value is -1.68. The van der Waals surface area contributed by atoms with Gasteiger partial charge in [0.25, 0.3) is 0 Å². The Morgan fingerprint density at radius 2 is 1.94 bits per heavy atom. The molecular weight excluding hydrogens is 246 g/mol. The Labute approximate surface area is 110 Å². The highest BCUT2D eigenvalue weighted by molar-refractivity contribution is 7.17. The Bertz CT molecular complexity index is 602. The van der Waals surface area contributed by atoms with Gasteiger partial charge in [-0.25, -0.2) is 9.78 Å². The molecule has 0 saturated carbocycles. The predicted octanol–water partition coefficient (Wildman–Crippen LogP) is 3.52. The lowest BCUT2D eigenvalue weighted by Crippen LogP contribution is -1.99. The van der Waals surface area contributed by atoms with E-state index in [9.17, 15) is 4.79 Å². The third kappa shape index (κ3) is 2.29. The van der Waals surface area contributed by atoms with E-state index in [1.54, 1.807) is 0 Å². The number of carbonyl (C=O) groups is 1. The number of aryl methyl sites for hydroxylation is 3. The van der Waals surface area contributed by atoms with Crippen molar-refractivity contribution in [2.75, 3.05) is 7.11 Å². The molecular formula is C14H15NO2S. The highest BCUT2D eigenvalue weighted by Crippen LogP contribution is 2.29. The van der Waals surface area contributed by atoms with Crippen LogP contribution in [0, 0.1) is 20.8 Å². The number of rotatable bonds is 2. The Morgan fingerprint density at radius 1 is 1.22 bits per heavy atom. The molecule has 94 valence electrons. The largest absolute Gasteiger partial charge is 0.465 e. The summed E-state index contributed by atoms with van der Waals surface area (Å²) in [5, 5.41) is 0.857. The van der Waals surface area contributed by atoms with Crippen molar-refractivity contribution < 1.29 is 9.53 Å². The van der Waals surface area contributed by atoms with Crippen molar-refractivity contribution >= 4 is 17.3 Å². The van der Waals surface area contributed by atoms with Gasteiger partial charge in [-0.2, -0.15) is 0 Å². The average molecular weight is 261 g/mol. The number of thiazole rings is 1. The second kappa shape index (κ2) is 4.90. The number of nitrogens with zero attached hydrogens (tertiary/aromatic N) is 1. The molecule has 2 aromatic rings. The summed E-state index contributed by atoms with van der Waals surface area (Å²) in [7, 11) is 1.39. The van der Waals surface area contributed by atoms with Gasteiger partial charge in [-0.05, 0) is 38.0 Å². The Kier molecular flexibility index (Phi) is 3.48. The van der Waals surface area contributed by atoms with E-state index >= 15 is 0 Å². The van der Waals surface area contributed by atoms with Gasteiger partial charge in [0.1, 0.15) is 9.88 Å². The fourth-order valence-electron chi connectivity index (χ4n) is 1.68. The molecule has 3 nitrogen and oxygen atoms in total. The molecule has 0 amide bonds. The van der Waals surface area contributed by atoms with Gasteiger partial charge >= 0.3 is 5.97 Å². The van der Waals surface area contributed by atoms with Crippen molar-refractivity contribution in [2.24, 2.45) is 0 Å². The molecule has 0 aliphatic rings. The van der Waals surface area contributed by atoms with Crippen molar-refractivity contribution in [3.8, 4) is 10.6 Å². The molecule has 0 unspecified atom stereocenters. The molecule has 0 atom stereocenters. The van der Waals surface area contributed by atoms with E-state index < -0.39 is 0 Å². The van der Waals surface area contributed by atoms with Crippen LogP contribution in [0.5, 0.6) is 0 Å². The van der Waals surface area contributed by atoms with Crippen LogP contribution in [0.4, 0.5) is 0 Å². The second-order valence-electron chi connectivity index (χ2n) is 4.22. The number of aromatic nitrogens is 1. The molecule has 0 bridgehead atoms. The number of esters is 1. The van der Waals surface area contributed by atoms with E-state index in [1.165, 1.54) is 29.6 Å². The van der Waals surface area contributed by atoms with E-state index in [4.69, 9.17) is 4.74 Å². The summed E-state index contributed by atoms with van der Waals surface area (Å²) in [6.07, 6.45) is 0. The van der Waals surface area contributed by atoms with Crippen molar-refractivity contribution in [3.05, 3.63) is 39.9 Å². The molecule has 0 spiro atoms. The standard InChI is InChI=1S/C14H15NO2S/c1-8-5-6-11(7-9(8)2)13-15-10(3)12(18-13)14(16)17-4/h5-7H,1-4H3. The summed E-state index contributed by atoms with van der Waals surface area (Å²) in [5.41, 5.74) is 4.24. The third-order valence-electron chi connectivity index (χ3n) is 2.92. The van der Waals surface area contributed by atoms with Gasteiger partial charge in [0.05, 0.1) is 12.8 Å². The molecule has 0 aliphatic carbocycles. The first-order valence-electron chi connectivity index (χ1n) is 5.66. The number of hydrogen-bond acceptors (Lipinski definition) is 4. The number of ether oxygens (including phenoxy) is 1. The highest BCUT2D eigenvalue weighted by Gasteiger charge is 2.16. The summed E-state index contributed by atoms with van der Waals surface area (Å²) in [6.45, 7) is 5.97. The minimum absolute atomic E-state index is 0.319. The number of methoxy groups -OCH3 is 1. The van der Waals surface area contributed by atoms with Crippen LogP contribution in [0.1, 0.15) is 26.5 Å². The first-order valence-corrected chi connectivity index (χ1v) is 6.48. The fraction of sp³-hybridized carbons (Fsp3) is 0.286. The zero-order valence-corrected chi connectivity index (χ0v) is 11.7. The van der Waals surface area contributed by atoms with E-state index in [1.807, 2.05) is 13.0 Å². The molecule has 4 heteroatoms. The van der Waals surface area contributed by atoms with E-state index in [0.29, 0.717) is 4.88 Å². The van der Waals surface area contributed by atoms with E-state index in [0.717, 1.165) is 16.3 Å². The van der Waals surface area contributed by atoms with Gasteiger partial charge in [0.2, 0.25) is 0 Å². The Morgan fingerprint density at radius 3 is 2.56 bits per heavy atom. The summed E-state index contributed by atoms with van der Waals surface area (Å²) >= 11 is 1.37. The zero-order valence-electron chi connectivity index (χ0n) is 10.9. The lowest BCUT2D eigenvalue weighted by Gasteiger charge is -2.01. The SMILES string of the molecule is COC(=O)c1sc(-c2ccc(C)c(C)c2)nc1C. The number of hydrogen-bond donors (Lipinski definition) is 0. The van der Waals surface area contributed by atoms with Gasteiger partial charge < -0.3 is 4.74 Å². The van der Waals surface area contributed by atoms with Crippen LogP contribution in [-0.2, 0) is 4.74 Å². The Balaban J connectivity index is 2.45. The molecule has 2 rings (SSSR count). The molecule has 18 heavy (non-hydrogen) atoms. The van der Waals surface area contributed by atoms with Crippen LogP contribution < -0.4 is 0 Å². The van der Waals surface area contributed by atoms with E-state index in [-0.39, 0.29) is 5.97 Å². The maximum atomic E-state index is 11.5. The summed E-state index contributed by atoms with van der Waals surface area (Å²) in [6, 6.07) is 6.19. The maximum Gasteiger partial charge on any atom is 0.349 e. The average Bonchev–Trinajstić information content (AvgIpc) is 2.74. The van der Waals surface area contributed by atoms with Crippen molar-refractivity contribution in [1.29, 1.82) is 0 Å². The third-order valence-corrected chi connectivity index (χ3v) is 4.11. The molecule has 1 aromatic carbocycles. The topological polar surface area (TPSA) is 39.2 Å². The van der Waals surface area contributed by atoms with Crippen LogP contribution in [0.15, 0.2) is 18.2 Å². The molecule has 0 aliphatic heterocycles. The second-order valence-corrected chi connectivity index (χ2v) is 5.22. The predicted molar refractivity (Wildman–Crippen MR) is 73.1 cm³/mol. The fourth-order valence-corrected chi connectivity index (χ4v) is 2.66. The summed E-state index contributed by atoms with van der Waals surface area (Å²) < 4.78 is 4.74.